The summed E-state index contributed by atoms with van der Waals surface area (Å²) in [6.45, 7) is 10.3. The minimum atomic E-state index is 0.0781. The van der Waals surface area contributed by atoms with Crippen LogP contribution in [0.5, 0.6) is 5.75 Å². The van der Waals surface area contributed by atoms with Crippen molar-refractivity contribution in [3.63, 3.8) is 0 Å². The van der Waals surface area contributed by atoms with Crippen LogP contribution >= 0.6 is 0 Å². The molecule has 1 N–H and O–H groups in total. The number of methoxy groups -OCH3 is 1. The molecule has 0 radical (unpaired) electrons. The lowest BCUT2D eigenvalue weighted by atomic mass is 10.1. The van der Waals surface area contributed by atoms with Crippen molar-refractivity contribution in [2.24, 2.45) is 0 Å². The molecule has 4 heteroatoms. The monoisotopic (exact) mass is 252 g/mol. The summed E-state index contributed by atoms with van der Waals surface area (Å²) in [5.41, 5.74) is 2.11. The lowest BCUT2D eigenvalue weighted by Crippen LogP contribution is -2.35. The highest BCUT2D eigenvalue weighted by atomic mass is 16.5. The van der Waals surface area contributed by atoms with Gasteiger partial charge in [0.15, 0.2) is 0 Å². The Hall–Kier alpha value is -1.13. The van der Waals surface area contributed by atoms with E-state index in [1.807, 2.05) is 19.2 Å². The van der Waals surface area contributed by atoms with Gasteiger partial charge in [-0.15, -0.1) is 0 Å². The third-order valence-electron chi connectivity index (χ3n) is 2.43. The number of hydrogen-bond acceptors (Lipinski definition) is 4. The Labute approximate surface area is 110 Å². The number of ether oxygens (including phenoxy) is 2. The zero-order chi connectivity index (χ0) is 13.6. The van der Waals surface area contributed by atoms with Crippen LogP contribution in [0, 0.1) is 6.92 Å². The van der Waals surface area contributed by atoms with Crippen molar-refractivity contribution in [1.82, 2.24) is 10.3 Å². The first-order chi connectivity index (χ1) is 8.42. The third kappa shape index (κ3) is 5.47. The van der Waals surface area contributed by atoms with Gasteiger partial charge in [0.25, 0.3) is 0 Å². The smallest absolute Gasteiger partial charge is 0.127 e. The predicted octanol–water partition coefficient (Wildman–Crippen LogP) is 2.30. The third-order valence-corrected chi connectivity index (χ3v) is 2.43. The summed E-state index contributed by atoms with van der Waals surface area (Å²) in [7, 11) is 1.67. The minimum Gasteiger partial charge on any atom is -0.491 e. The molecule has 18 heavy (non-hydrogen) atoms. The van der Waals surface area contributed by atoms with Crippen LogP contribution in [0.2, 0.25) is 0 Å². The molecule has 4 nitrogen and oxygen atoms in total. The Morgan fingerprint density at radius 2 is 2.00 bits per heavy atom. The van der Waals surface area contributed by atoms with Crippen LogP contribution in [-0.2, 0) is 11.3 Å². The van der Waals surface area contributed by atoms with Gasteiger partial charge in [0, 0.05) is 42.7 Å². The average molecular weight is 252 g/mol. The fraction of sp³-hybridized carbons (Fsp3) is 0.643. The van der Waals surface area contributed by atoms with E-state index in [0.717, 1.165) is 23.6 Å². The highest BCUT2D eigenvalue weighted by Gasteiger charge is 2.11. The largest absolute Gasteiger partial charge is 0.491 e. The van der Waals surface area contributed by atoms with Crippen molar-refractivity contribution in [3.05, 3.63) is 23.5 Å². The first-order valence-corrected chi connectivity index (χ1v) is 6.24. The zero-order valence-electron chi connectivity index (χ0n) is 12.0. The molecule has 0 fully saturated rings. The predicted molar refractivity (Wildman–Crippen MR) is 72.9 cm³/mol. The summed E-state index contributed by atoms with van der Waals surface area (Å²) in [4.78, 5) is 4.32. The van der Waals surface area contributed by atoms with E-state index in [9.17, 15) is 0 Å². The van der Waals surface area contributed by atoms with E-state index in [0.29, 0.717) is 13.2 Å². The fourth-order valence-electron chi connectivity index (χ4n) is 1.43. The van der Waals surface area contributed by atoms with Crippen molar-refractivity contribution in [2.75, 3.05) is 20.3 Å². The highest BCUT2D eigenvalue weighted by Crippen LogP contribution is 2.19. The summed E-state index contributed by atoms with van der Waals surface area (Å²) < 4.78 is 10.7. The quantitative estimate of drug-likeness (QED) is 0.789. The molecule has 0 bridgehead atoms. The number of nitrogens with one attached hydrogen (secondary N) is 1. The van der Waals surface area contributed by atoms with Crippen molar-refractivity contribution in [3.8, 4) is 5.75 Å². The van der Waals surface area contributed by atoms with E-state index >= 15 is 0 Å². The van der Waals surface area contributed by atoms with Crippen molar-refractivity contribution >= 4 is 0 Å². The SMILES string of the molecule is COCCOc1cc(C)ncc1CNC(C)(C)C. The van der Waals surface area contributed by atoms with Crippen LogP contribution in [-0.4, -0.2) is 30.8 Å². The molecule has 0 saturated carbocycles. The summed E-state index contributed by atoms with van der Waals surface area (Å²) in [5, 5.41) is 3.44. The van der Waals surface area contributed by atoms with Crippen LogP contribution in [0.4, 0.5) is 0 Å². The molecule has 1 aromatic rings. The Morgan fingerprint density at radius 3 is 2.61 bits per heavy atom. The summed E-state index contributed by atoms with van der Waals surface area (Å²) in [5.74, 6) is 0.885. The molecule has 0 aliphatic carbocycles. The molecule has 0 aromatic carbocycles. The van der Waals surface area contributed by atoms with Crippen LogP contribution in [0.3, 0.4) is 0 Å². The molecule has 0 saturated heterocycles. The van der Waals surface area contributed by atoms with E-state index in [1.165, 1.54) is 0 Å². The average Bonchev–Trinajstić information content (AvgIpc) is 2.27. The maximum Gasteiger partial charge on any atom is 0.127 e. The molecule has 1 heterocycles. The van der Waals surface area contributed by atoms with Crippen LogP contribution in [0.15, 0.2) is 12.3 Å². The number of rotatable bonds is 6. The Balaban J connectivity index is 2.70. The van der Waals surface area contributed by atoms with Gasteiger partial charge in [-0.25, -0.2) is 0 Å². The molecule has 1 aromatic heterocycles. The normalized spacial score (nSPS) is 11.6. The van der Waals surface area contributed by atoms with Gasteiger partial charge in [-0.2, -0.15) is 0 Å². The van der Waals surface area contributed by atoms with E-state index < -0.39 is 0 Å². The maximum atomic E-state index is 5.72. The number of aryl methyl sites for hydroxylation is 1. The van der Waals surface area contributed by atoms with E-state index in [-0.39, 0.29) is 5.54 Å². The number of pyridine rings is 1. The van der Waals surface area contributed by atoms with E-state index in [4.69, 9.17) is 9.47 Å². The van der Waals surface area contributed by atoms with E-state index in [2.05, 4.69) is 31.1 Å². The second kappa shape index (κ2) is 6.71. The van der Waals surface area contributed by atoms with Gasteiger partial charge in [0.2, 0.25) is 0 Å². The lowest BCUT2D eigenvalue weighted by Gasteiger charge is -2.21. The summed E-state index contributed by atoms with van der Waals surface area (Å²) in [6.07, 6.45) is 1.87. The van der Waals surface area contributed by atoms with Gasteiger partial charge in [0.1, 0.15) is 12.4 Å². The number of nitrogens with zero attached hydrogens (tertiary/aromatic N) is 1. The maximum absolute atomic E-state index is 5.72. The van der Waals surface area contributed by atoms with Crippen molar-refractivity contribution < 1.29 is 9.47 Å². The van der Waals surface area contributed by atoms with Gasteiger partial charge >= 0.3 is 0 Å². The van der Waals surface area contributed by atoms with E-state index in [1.54, 1.807) is 7.11 Å². The molecule has 0 aliphatic rings. The molecule has 0 atom stereocenters. The molecule has 0 spiro atoms. The van der Waals surface area contributed by atoms with Crippen LogP contribution in [0.25, 0.3) is 0 Å². The molecule has 102 valence electrons. The first-order valence-electron chi connectivity index (χ1n) is 6.24. The second-order valence-electron chi connectivity index (χ2n) is 5.38. The van der Waals surface area contributed by atoms with Crippen molar-refractivity contribution in [2.45, 2.75) is 39.8 Å². The molecule has 0 aliphatic heterocycles. The Morgan fingerprint density at radius 1 is 1.28 bits per heavy atom. The Bertz CT molecular complexity index is 373. The molecule has 0 unspecified atom stereocenters. The fourth-order valence-corrected chi connectivity index (χ4v) is 1.43. The standard InChI is InChI=1S/C14H24N2O2/c1-11-8-13(18-7-6-17-5)12(9-15-11)10-16-14(2,3)4/h8-9,16H,6-7,10H2,1-5H3. The van der Waals surface area contributed by atoms with Gasteiger partial charge in [0.05, 0.1) is 6.61 Å². The molecule has 1 rings (SSSR count). The summed E-state index contributed by atoms with van der Waals surface area (Å²) in [6, 6.07) is 1.97. The van der Waals surface area contributed by atoms with Gasteiger partial charge in [-0.3, -0.25) is 4.98 Å². The van der Waals surface area contributed by atoms with Gasteiger partial charge in [-0.05, 0) is 27.7 Å². The van der Waals surface area contributed by atoms with Gasteiger partial charge in [-0.1, -0.05) is 0 Å². The number of aromatic nitrogens is 1. The topological polar surface area (TPSA) is 43.4 Å². The number of hydrogen-bond donors (Lipinski definition) is 1. The zero-order valence-corrected chi connectivity index (χ0v) is 12.0. The summed E-state index contributed by atoms with van der Waals surface area (Å²) >= 11 is 0. The molecular formula is C14H24N2O2. The highest BCUT2D eigenvalue weighted by molar-refractivity contribution is 5.32. The van der Waals surface area contributed by atoms with Crippen molar-refractivity contribution in [1.29, 1.82) is 0 Å². The van der Waals surface area contributed by atoms with Gasteiger partial charge < -0.3 is 14.8 Å². The molecule has 0 amide bonds. The van der Waals surface area contributed by atoms with Crippen LogP contribution in [0.1, 0.15) is 32.0 Å². The second-order valence-corrected chi connectivity index (χ2v) is 5.38. The Kier molecular flexibility index (Phi) is 5.56. The van der Waals surface area contributed by atoms with Crippen LogP contribution < -0.4 is 10.1 Å². The molecular weight excluding hydrogens is 228 g/mol. The minimum absolute atomic E-state index is 0.0781. The first kappa shape index (κ1) is 14.9. The lowest BCUT2D eigenvalue weighted by molar-refractivity contribution is 0.145.